The molecule has 0 aromatic carbocycles. The van der Waals surface area contributed by atoms with Crippen LogP contribution < -0.4 is 5.32 Å². The fraction of sp³-hybridized carbons (Fsp3) is 0.750. The Bertz CT molecular complexity index is 353. The summed E-state index contributed by atoms with van der Waals surface area (Å²) in [5.41, 5.74) is 2.48. The van der Waals surface area contributed by atoms with E-state index in [2.05, 4.69) is 44.9 Å². The predicted octanol–water partition coefficient (Wildman–Crippen LogP) is 2.52. The average molecular weight is 286 g/mol. The number of halogens is 1. The van der Waals surface area contributed by atoms with Crippen LogP contribution in [-0.2, 0) is 13.0 Å². The van der Waals surface area contributed by atoms with Crippen LogP contribution in [0.15, 0.2) is 4.47 Å². The summed E-state index contributed by atoms with van der Waals surface area (Å²) in [6.45, 7) is 7.52. The van der Waals surface area contributed by atoms with Gasteiger partial charge in [-0.05, 0) is 68.0 Å². The second-order valence-corrected chi connectivity index (χ2v) is 5.37. The van der Waals surface area contributed by atoms with Gasteiger partial charge in [-0.1, -0.05) is 0 Å². The average Bonchev–Trinajstić information content (AvgIpc) is 2.58. The Morgan fingerprint density at radius 3 is 3.00 bits per heavy atom. The molecular weight excluding hydrogens is 266 g/mol. The molecule has 0 amide bonds. The first-order chi connectivity index (χ1) is 7.72. The van der Waals surface area contributed by atoms with Crippen LogP contribution in [0.1, 0.15) is 31.2 Å². The van der Waals surface area contributed by atoms with Crippen LogP contribution in [0.4, 0.5) is 0 Å². The van der Waals surface area contributed by atoms with E-state index in [1.165, 1.54) is 29.6 Å². The third-order valence-corrected chi connectivity index (χ3v) is 4.37. The summed E-state index contributed by atoms with van der Waals surface area (Å²) in [4.78, 5) is 0. The lowest BCUT2D eigenvalue weighted by molar-refractivity contribution is 0.367. The maximum absolute atomic E-state index is 4.54. The molecule has 1 N–H and O–H groups in total. The monoisotopic (exact) mass is 285 g/mol. The van der Waals surface area contributed by atoms with E-state index in [-0.39, 0.29) is 0 Å². The molecule has 16 heavy (non-hydrogen) atoms. The highest BCUT2D eigenvalue weighted by Crippen LogP contribution is 2.25. The highest BCUT2D eigenvalue weighted by molar-refractivity contribution is 9.10. The summed E-state index contributed by atoms with van der Waals surface area (Å²) in [5.74, 6) is 0.770. The van der Waals surface area contributed by atoms with Crippen molar-refractivity contribution in [1.82, 2.24) is 15.1 Å². The van der Waals surface area contributed by atoms with Gasteiger partial charge in [-0.15, -0.1) is 0 Å². The predicted molar refractivity (Wildman–Crippen MR) is 69.6 cm³/mol. The molecule has 1 unspecified atom stereocenters. The van der Waals surface area contributed by atoms with Crippen molar-refractivity contribution in [2.75, 3.05) is 13.1 Å². The van der Waals surface area contributed by atoms with Crippen LogP contribution in [0, 0.1) is 12.8 Å². The molecule has 2 rings (SSSR count). The quantitative estimate of drug-likeness (QED) is 0.925. The Hall–Kier alpha value is -0.350. The molecule has 0 saturated carbocycles. The molecule has 1 aliphatic heterocycles. The third-order valence-electron chi connectivity index (χ3n) is 3.33. The van der Waals surface area contributed by atoms with Crippen LogP contribution in [-0.4, -0.2) is 22.9 Å². The van der Waals surface area contributed by atoms with Gasteiger partial charge in [-0.3, -0.25) is 4.68 Å². The van der Waals surface area contributed by atoms with Gasteiger partial charge in [0.05, 0.1) is 15.9 Å². The molecule has 0 radical (unpaired) electrons. The van der Waals surface area contributed by atoms with E-state index in [0.29, 0.717) is 0 Å². The van der Waals surface area contributed by atoms with Crippen molar-refractivity contribution in [3.63, 3.8) is 0 Å². The van der Waals surface area contributed by atoms with E-state index in [1.54, 1.807) is 0 Å². The molecule has 1 fully saturated rings. The lowest BCUT2D eigenvalue weighted by Crippen LogP contribution is -2.31. The van der Waals surface area contributed by atoms with Gasteiger partial charge in [-0.25, -0.2) is 0 Å². The molecule has 1 aliphatic rings. The first-order valence-electron chi connectivity index (χ1n) is 6.14. The second kappa shape index (κ2) is 5.32. The number of rotatable bonds is 3. The molecule has 2 heterocycles. The summed E-state index contributed by atoms with van der Waals surface area (Å²) < 4.78 is 3.34. The zero-order chi connectivity index (χ0) is 11.5. The van der Waals surface area contributed by atoms with E-state index >= 15 is 0 Å². The van der Waals surface area contributed by atoms with Gasteiger partial charge >= 0.3 is 0 Å². The zero-order valence-corrected chi connectivity index (χ0v) is 11.7. The van der Waals surface area contributed by atoms with Crippen LogP contribution in [0.3, 0.4) is 0 Å². The number of hydrogen-bond donors (Lipinski definition) is 1. The summed E-state index contributed by atoms with van der Waals surface area (Å²) in [7, 11) is 0. The molecule has 1 aromatic rings. The molecule has 0 bridgehead atoms. The van der Waals surface area contributed by atoms with Crippen LogP contribution in [0.2, 0.25) is 0 Å². The minimum absolute atomic E-state index is 0.770. The molecule has 1 atom stereocenters. The van der Waals surface area contributed by atoms with Crippen molar-refractivity contribution in [3.05, 3.63) is 15.9 Å². The molecule has 4 heteroatoms. The van der Waals surface area contributed by atoms with Crippen LogP contribution in [0.25, 0.3) is 0 Å². The third kappa shape index (κ3) is 2.48. The molecule has 0 spiro atoms. The lowest BCUT2D eigenvalue weighted by atomic mass is 9.94. The van der Waals surface area contributed by atoms with E-state index in [9.17, 15) is 0 Å². The van der Waals surface area contributed by atoms with Gasteiger partial charge in [-0.2, -0.15) is 5.10 Å². The summed E-state index contributed by atoms with van der Waals surface area (Å²) in [6.07, 6.45) is 3.79. The fourth-order valence-corrected chi connectivity index (χ4v) is 2.88. The van der Waals surface area contributed by atoms with E-state index in [4.69, 9.17) is 0 Å². The van der Waals surface area contributed by atoms with Crippen molar-refractivity contribution >= 4 is 15.9 Å². The van der Waals surface area contributed by atoms with Gasteiger partial charge in [0.15, 0.2) is 0 Å². The number of hydrogen-bond acceptors (Lipinski definition) is 2. The number of aromatic nitrogens is 2. The van der Waals surface area contributed by atoms with Gasteiger partial charge in [0, 0.05) is 6.54 Å². The van der Waals surface area contributed by atoms with Crippen molar-refractivity contribution < 1.29 is 0 Å². The van der Waals surface area contributed by atoms with Crippen molar-refractivity contribution in [3.8, 4) is 0 Å². The molecule has 3 nitrogen and oxygen atoms in total. The molecule has 1 aromatic heterocycles. The van der Waals surface area contributed by atoms with Crippen LogP contribution >= 0.6 is 15.9 Å². The number of nitrogens with zero attached hydrogens (tertiary/aromatic N) is 2. The summed E-state index contributed by atoms with van der Waals surface area (Å²) >= 11 is 3.66. The van der Waals surface area contributed by atoms with Crippen LogP contribution in [0.5, 0.6) is 0 Å². The zero-order valence-electron chi connectivity index (χ0n) is 10.1. The number of nitrogens with one attached hydrogen (secondary N) is 1. The minimum Gasteiger partial charge on any atom is -0.316 e. The van der Waals surface area contributed by atoms with E-state index in [0.717, 1.165) is 31.1 Å². The molecular formula is C12H20BrN3. The second-order valence-electron chi connectivity index (χ2n) is 4.58. The first-order valence-corrected chi connectivity index (χ1v) is 6.94. The Balaban J connectivity index is 2.12. The Kier molecular flexibility index (Phi) is 4.03. The smallest absolute Gasteiger partial charge is 0.0738 e. The maximum atomic E-state index is 4.54. The Morgan fingerprint density at radius 2 is 2.38 bits per heavy atom. The van der Waals surface area contributed by atoms with Crippen molar-refractivity contribution in [2.24, 2.45) is 5.92 Å². The lowest BCUT2D eigenvalue weighted by Gasteiger charge is -2.23. The van der Waals surface area contributed by atoms with E-state index < -0.39 is 0 Å². The standard InChI is InChI=1S/C12H20BrN3/c1-3-16-11(12(13)9(2)15-16)7-10-5-4-6-14-8-10/h10,14H,3-8H2,1-2H3. The summed E-state index contributed by atoms with van der Waals surface area (Å²) in [6, 6.07) is 0. The Morgan fingerprint density at radius 1 is 1.56 bits per heavy atom. The SMILES string of the molecule is CCn1nc(C)c(Br)c1CC1CCCNC1. The summed E-state index contributed by atoms with van der Waals surface area (Å²) in [5, 5.41) is 8.02. The van der Waals surface area contributed by atoms with Gasteiger partial charge in [0.2, 0.25) is 0 Å². The van der Waals surface area contributed by atoms with Gasteiger partial charge in [0.25, 0.3) is 0 Å². The number of aryl methyl sites for hydroxylation is 2. The molecule has 0 aliphatic carbocycles. The van der Waals surface area contributed by atoms with Crippen molar-refractivity contribution in [1.29, 1.82) is 0 Å². The highest BCUT2D eigenvalue weighted by Gasteiger charge is 2.19. The fourth-order valence-electron chi connectivity index (χ4n) is 2.44. The highest BCUT2D eigenvalue weighted by atomic mass is 79.9. The Labute approximate surface area is 106 Å². The first kappa shape index (κ1) is 12.1. The van der Waals surface area contributed by atoms with Gasteiger partial charge in [0.1, 0.15) is 0 Å². The maximum Gasteiger partial charge on any atom is 0.0738 e. The van der Waals surface area contributed by atoms with Gasteiger partial charge < -0.3 is 5.32 Å². The van der Waals surface area contributed by atoms with Crippen molar-refractivity contribution in [2.45, 2.75) is 39.7 Å². The topological polar surface area (TPSA) is 29.9 Å². The normalized spacial score (nSPS) is 21.3. The van der Waals surface area contributed by atoms with E-state index in [1.807, 2.05) is 0 Å². The number of piperidine rings is 1. The molecule has 90 valence electrons. The largest absolute Gasteiger partial charge is 0.316 e. The minimum atomic E-state index is 0.770. The molecule has 1 saturated heterocycles.